The van der Waals surface area contributed by atoms with Crippen molar-refractivity contribution in [2.45, 2.75) is 26.6 Å². The molecule has 0 radical (unpaired) electrons. The van der Waals surface area contributed by atoms with Crippen LogP contribution in [0.3, 0.4) is 0 Å². The van der Waals surface area contributed by atoms with Crippen molar-refractivity contribution in [1.29, 1.82) is 0 Å². The molecule has 114 valence electrons. The topological polar surface area (TPSA) is 75.6 Å². The number of hydrogen-bond donors (Lipinski definition) is 2. The molecule has 0 spiro atoms. The fraction of sp³-hybridized carbons (Fsp3) is 0.364. The molecule has 0 fully saturated rings. The van der Waals surface area contributed by atoms with Crippen LogP contribution in [-0.4, -0.2) is 25.9 Å². The molecule has 0 bridgehead atoms. The summed E-state index contributed by atoms with van der Waals surface area (Å²) >= 11 is 5.59. The minimum absolute atomic E-state index is 0.0670. The molecule has 2 heterocycles. The summed E-state index contributed by atoms with van der Waals surface area (Å²) in [5, 5.41) is 11.7. The number of amides is 1. The van der Waals surface area contributed by atoms with Crippen LogP contribution < -0.4 is 5.32 Å². The first-order valence-corrected chi connectivity index (χ1v) is 6.18. The predicted octanol–water partition coefficient (Wildman–Crippen LogP) is 2.53. The quantitative estimate of drug-likeness (QED) is 0.912. The van der Waals surface area contributed by atoms with Gasteiger partial charge in [0.25, 0.3) is 0 Å². The Morgan fingerprint density at radius 2 is 2.14 bits per heavy atom. The Morgan fingerprint density at radius 3 is 2.62 bits per heavy atom. The summed E-state index contributed by atoms with van der Waals surface area (Å²) in [5.41, 5.74) is -0.398. The van der Waals surface area contributed by atoms with E-state index in [0.717, 1.165) is 10.4 Å². The van der Waals surface area contributed by atoms with E-state index in [-0.39, 0.29) is 11.5 Å². The number of carbonyl (C=O) groups is 1. The summed E-state index contributed by atoms with van der Waals surface area (Å²) in [6.45, 7) is 2.71. The normalized spacial score (nSPS) is 11.7. The maximum Gasteiger partial charge on any atom is 0.436 e. The van der Waals surface area contributed by atoms with Gasteiger partial charge in [0.05, 0.1) is 10.7 Å². The maximum atomic E-state index is 12.7. The number of hydrogen-bond acceptors (Lipinski definition) is 3. The lowest BCUT2D eigenvalue weighted by atomic mass is 10.3. The molecule has 0 aliphatic rings. The Morgan fingerprint density at radius 1 is 1.48 bits per heavy atom. The van der Waals surface area contributed by atoms with Gasteiger partial charge in [-0.1, -0.05) is 11.6 Å². The molecule has 0 atom stereocenters. The second-order valence-corrected chi connectivity index (χ2v) is 4.77. The number of nitrogens with one attached hydrogen (secondary N) is 2. The number of alkyl halides is 3. The SMILES string of the molecule is Cc1cc(NC(=O)Cn2nc(C(F)(F)F)c(Cl)c2C)n[nH]1. The number of halogens is 4. The number of anilines is 1. The molecule has 2 aromatic rings. The number of carbonyl (C=O) groups excluding carboxylic acids is 1. The molecule has 10 heteroatoms. The van der Waals surface area contributed by atoms with Crippen LogP contribution in [0.5, 0.6) is 0 Å². The standard InChI is InChI=1S/C11H11ClF3N5O/c1-5-3-7(18-17-5)16-8(21)4-20-6(2)9(12)10(19-20)11(13,14)15/h3H,4H2,1-2H3,(H2,16,17,18,21). The van der Waals surface area contributed by atoms with E-state index < -0.39 is 29.3 Å². The van der Waals surface area contributed by atoms with Crippen LogP contribution in [0.25, 0.3) is 0 Å². The van der Waals surface area contributed by atoms with Crippen molar-refractivity contribution in [2.24, 2.45) is 0 Å². The minimum atomic E-state index is -4.66. The van der Waals surface area contributed by atoms with Gasteiger partial charge in [-0.25, -0.2) is 0 Å². The highest BCUT2D eigenvalue weighted by Gasteiger charge is 2.38. The first kappa shape index (κ1) is 15.4. The van der Waals surface area contributed by atoms with Crippen molar-refractivity contribution in [3.63, 3.8) is 0 Å². The highest BCUT2D eigenvalue weighted by molar-refractivity contribution is 6.32. The summed E-state index contributed by atoms with van der Waals surface area (Å²) < 4.78 is 38.9. The Balaban J connectivity index is 2.14. The van der Waals surface area contributed by atoms with Crippen LogP contribution >= 0.6 is 11.6 Å². The van der Waals surface area contributed by atoms with Crippen molar-refractivity contribution >= 4 is 23.3 Å². The lowest BCUT2D eigenvalue weighted by Crippen LogP contribution is -2.21. The highest BCUT2D eigenvalue weighted by Crippen LogP contribution is 2.35. The fourth-order valence-electron chi connectivity index (χ4n) is 1.66. The lowest BCUT2D eigenvalue weighted by Gasteiger charge is -2.04. The van der Waals surface area contributed by atoms with E-state index in [4.69, 9.17) is 11.6 Å². The molecule has 0 saturated carbocycles. The average molecular weight is 322 g/mol. The van der Waals surface area contributed by atoms with Gasteiger partial charge in [0, 0.05) is 11.8 Å². The van der Waals surface area contributed by atoms with Gasteiger partial charge in [-0.15, -0.1) is 0 Å². The summed E-state index contributed by atoms with van der Waals surface area (Å²) in [4.78, 5) is 11.8. The molecule has 0 aromatic carbocycles. The summed E-state index contributed by atoms with van der Waals surface area (Å²) in [6.07, 6.45) is -4.66. The molecular formula is C11H11ClF3N5O. The van der Waals surface area contributed by atoms with E-state index in [9.17, 15) is 18.0 Å². The summed E-state index contributed by atoms with van der Waals surface area (Å²) in [7, 11) is 0. The van der Waals surface area contributed by atoms with Crippen molar-refractivity contribution in [1.82, 2.24) is 20.0 Å². The third-order valence-electron chi connectivity index (χ3n) is 2.67. The van der Waals surface area contributed by atoms with Gasteiger partial charge in [-0.05, 0) is 13.8 Å². The Kier molecular flexibility index (Phi) is 3.95. The number of H-pyrrole nitrogens is 1. The maximum absolute atomic E-state index is 12.7. The van der Waals surface area contributed by atoms with Crippen molar-refractivity contribution in [3.05, 3.63) is 28.2 Å². The fourth-order valence-corrected chi connectivity index (χ4v) is 1.90. The molecule has 0 aliphatic carbocycles. The zero-order valence-corrected chi connectivity index (χ0v) is 11.8. The molecule has 2 N–H and O–H groups in total. The monoisotopic (exact) mass is 321 g/mol. The molecule has 6 nitrogen and oxygen atoms in total. The minimum Gasteiger partial charge on any atom is -0.308 e. The first-order chi connectivity index (χ1) is 9.68. The van der Waals surface area contributed by atoms with Crippen LogP contribution in [0.4, 0.5) is 19.0 Å². The zero-order valence-electron chi connectivity index (χ0n) is 11.0. The predicted molar refractivity (Wildman–Crippen MR) is 68.9 cm³/mol. The number of aryl methyl sites for hydroxylation is 1. The first-order valence-electron chi connectivity index (χ1n) is 5.80. The zero-order chi connectivity index (χ0) is 15.8. The van der Waals surface area contributed by atoms with E-state index in [0.29, 0.717) is 0 Å². The third-order valence-corrected chi connectivity index (χ3v) is 3.12. The van der Waals surface area contributed by atoms with Gasteiger partial charge in [-0.2, -0.15) is 23.4 Å². The molecule has 0 aliphatic heterocycles. The van der Waals surface area contributed by atoms with E-state index in [2.05, 4.69) is 20.6 Å². The van der Waals surface area contributed by atoms with Gasteiger partial charge in [0.1, 0.15) is 6.54 Å². The Hall–Kier alpha value is -2.03. The van der Waals surface area contributed by atoms with E-state index >= 15 is 0 Å². The van der Waals surface area contributed by atoms with Crippen molar-refractivity contribution < 1.29 is 18.0 Å². The lowest BCUT2D eigenvalue weighted by molar-refractivity contribution is -0.141. The largest absolute Gasteiger partial charge is 0.436 e. The van der Waals surface area contributed by atoms with E-state index in [1.807, 2.05) is 0 Å². The highest BCUT2D eigenvalue weighted by atomic mass is 35.5. The van der Waals surface area contributed by atoms with Crippen LogP contribution in [-0.2, 0) is 17.5 Å². The smallest absolute Gasteiger partial charge is 0.308 e. The molecule has 2 aromatic heterocycles. The third kappa shape index (κ3) is 3.35. The molecule has 21 heavy (non-hydrogen) atoms. The van der Waals surface area contributed by atoms with Crippen LogP contribution in [0.2, 0.25) is 5.02 Å². The molecular weight excluding hydrogens is 311 g/mol. The molecule has 2 rings (SSSR count). The second kappa shape index (κ2) is 5.40. The van der Waals surface area contributed by atoms with Crippen LogP contribution in [0.1, 0.15) is 17.1 Å². The number of rotatable bonds is 3. The Bertz CT molecular complexity index is 676. The van der Waals surface area contributed by atoms with Gasteiger partial charge in [0.2, 0.25) is 5.91 Å². The number of aromatic nitrogens is 4. The van der Waals surface area contributed by atoms with Crippen molar-refractivity contribution in [3.8, 4) is 0 Å². The number of aromatic amines is 1. The second-order valence-electron chi connectivity index (χ2n) is 4.39. The summed E-state index contributed by atoms with van der Waals surface area (Å²) in [5.74, 6) is -0.276. The van der Waals surface area contributed by atoms with Crippen LogP contribution in [0.15, 0.2) is 6.07 Å². The Labute approximate surface area is 122 Å². The summed E-state index contributed by atoms with van der Waals surface area (Å²) in [6, 6.07) is 1.59. The molecule has 0 saturated heterocycles. The average Bonchev–Trinajstić information content (AvgIpc) is 2.87. The van der Waals surface area contributed by atoms with Gasteiger partial charge >= 0.3 is 6.18 Å². The van der Waals surface area contributed by atoms with E-state index in [1.54, 1.807) is 13.0 Å². The van der Waals surface area contributed by atoms with Gasteiger partial charge in [-0.3, -0.25) is 14.6 Å². The van der Waals surface area contributed by atoms with Crippen LogP contribution in [0, 0.1) is 13.8 Å². The van der Waals surface area contributed by atoms with Crippen molar-refractivity contribution in [2.75, 3.05) is 5.32 Å². The molecule has 1 amide bonds. The van der Waals surface area contributed by atoms with Gasteiger partial charge < -0.3 is 5.32 Å². The van der Waals surface area contributed by atoms with Gasteiger partial charge in [0.15, 0.2) is 11.5 Å². The van der Waals surface area contributed by atoms with E-state index in [1.165, 1.54) is 6.92 Å². The molecule has 0 unspecified atom stereocenters. The number of nitrogens with zero attached hydrogens (tertiary/aromatic N) is 3.